The van der Waals surface area contributed by atoms with E-state index < -0.39 is 24.9 Å². The Morgan fingerprint density at radius 1 is 1.47 bits per heavy atom. The van der Waals surface area contributed by atoms with E-state index >= 15 is 0 Å². The van der Waals surface area contributed by atoms with Gasteiger partial charge in [0.25, 0.3) is 0 Å². The zero-order chi connectivity index (χ0) is 11.5. The van der Waals surface area contributed by atoms with Crippen LogP contribution in [0.5, 0.6) is 0 Å². The molecule has 0 bridgehead atoms. The Labute approximate surface area is 86.1 Å². The van der Waals surface area contributed by atoms with Crippen molar-refractivity contribution in [3.05, 3.63) is 0 Å². The minimum atomic E-state index is -4.60. The van der Waals surface area contributed by atoms with Gasteiger partial charge in [0, 0.05) is 6.54 Å². The molecule has 1 saturated heterocycles. The fraction of sp³-hybridized carbons (Fsp3) is 0.889. The van der Waals surface area contributed by atoms with Gasteiger partial charge in [-0.3, -0.25) is 4.90 Å². The minimum Gasteiger partial charge on any atom is -0.382 e. The number of hydrogen-bond donors (Lipinski definition) is 1. The summed E-state index contributed by atoms with van der Waals surface area (Å²) in [5, 5.41) is 17.6. The molecular weight excluding hydrogens is 209 g/mol. The number of rotatable bonds is 2. The van der Waals surface area contributed by atoms with Crippen molar-refractivity contribution in [1.29, 1.82) is 5.26 Å². The van der Waals surface area contributed by atoms with Crippen molar-refractivity contribution in [2.45, 2.75) is 37.6 Å². The predicted octanol–water partition coefficient (Wildman–Crippen LogP) is 1.29. The maximum Gasteiger partial charge on any atom is 0.415 e. The quantitative estimate of drug-likeness (QED) is 0.765. The lowest BCUT2D eigenvalue weighted by Crippen LogP contribution is -2.47. The van der Waals surface area contributed by atoms with Gasteiger partial charge in [-0.25, -0.2) is 0 Å². The molecule has 6 heteroatoms. The number of alkyl halides is 3. The molecular formula is C9H13F3N2O. The molecule has 0 spiro atoms. The molecule has 1 aliphatic rings. The summed E-state index contributed by atoms with van der Waals surface area (Å²) in [7, 11) is 0. The largest absolute Gasteiger partial charge is 0.415 e. The molecule has 15 heavy (non-hydrogen) atoms. The third kappa shape index (κ3) is 3.36. The SMILES string of the molecule is N#CC1CCCCN1CC(O)C(F)(F)F. The highest BCUT2D eigenvalue weighted by Gasteiger charge is 2.40. The summed E-state index contributed by atoms with van der Waals surface area (Å²) in [6, 6.07) is 1.47. The lowest BCUT2D eigenvalue weighted by molar-refractivity contribution is -0.209. The Balaban J connectivity index is 2.52. The van der Waals surface area contributed by atoms with E-state index in [1.54, 1.807) is 0 Å². The number of aliphatic hydroxyl groups is 1. The van der Waals surface area contributed by atoms with E-state index in [0.29, 0.717) is 13.0 Å². The van der Waals surface area contributed by atoms with Crippen molar-refractivity contribution in [3.63, 3.8) is 0 Å². The van der Waals surface area contributed by atoms with E-state index in [9.17, 15) is 13.2 Å². The molecule has 3 nitrogen and oxygen atoms in total. The second-order valence-corrected chi connectivity index (χ2v) is 3.69. The highest BCUT2D eigenvalue weighted by atomic mass is 19.4. The lowest BCUT2D eigenvalue weighted by Gasteiger charge is -2.33. The highest BCUT2D eigenvalue weighted by molar-refractivity contribution is 4.95. The number of hydrogen-bond acceptors (Lipinski definition) is 3. The molecule has 0 radical (unpaired) electrons. The van der Waals surface area contributed by atoms with Crippen molar-refractivity contribution in [3.8, 4) is 6.07 Å². The molecule has 0 aromatic carbocycles. The van der Waals surface area contributed by atoms with Crippen LogP contribution in [0, 0.1) is 11.3 Å². The van der Waals surface area contributed by atoms with Crippen LogP contribution in [-0.2, 0) is 0 Å². The zero-order valence-corrected chi connectivity index (χ0v) is 8.17. The smallest absolute Gasteiger partial charge is 0.382 e. The van der Waals surface area contributed by atoms with E-state index in [2.05, 4.69) is 0 Å². The molecule has 0 saturated carbocycles. The van der Waals surface area contributed by atoms with Crippen LogP contribution in [0.15, 0.2) is 0 Å². The fourth-order valence-electron chi connectivity index (χ4n) is 1.68. The molecule has 0 aliphatic carbocycles. The molecule has 0 amide bonds. The van der Waals surface area contributed by atoms with Crippen LogP contribution in [0.3, 0.4) is 0 Å². The number of piperidine rings is 1. The first-order valence-corrected chi connectivity index (χ1v) is 4.83. The molecule has 1 heterocycles. The maximum atomic E-state index is 12.1. The summed E-state index contributed by atoms with van der Waals surface area (Å²) in [5.74, 6) is 0. The summed E-state index contributed by atoms with van der Waals surface area (Å²) in [5.41, 5.74) is 0. The van der Waals surface area contributed by atoms with Crippen molar-refractivity contribution < 1.29 is 18.3 Å². The standard InChI is InChI=1S/C9H13F3N2O/c10-9(11,12)8(15)6-14-4-2-1-3-7(14)5-13/h7-8,15H,1-4,6H2. The number of halogens is 3. The first-order valence-electron chi connectivity index (χ1n) is 4.83. The molecule has 0 aromatic heterocycles. The second kappa shape index (κ2) is 4.81. The van der Waals surface area contributed by atoms with Crippen molar-refractivity contribution in [2.75, 3.05) is 13.1 Å². The van der Waals surface area contributed by atoms with Gasteiger partial charge in [0.15, 0.2) is 6.10 Å². The van der Waals surface area contributed by atoms with E-state index in [-0.39, 0.29) is 0 Å². The molecule has 1 rings (SSSR count). The molecule has 1 aliphatic heterocycles. The molecule has 2 unspecified atom stereocenters. The van der Waals surface area contributed by atoms with Gasteiger partial charge in [0.05, 0.1) is 12.1 Å². The predicted molar refractivity (Wildman–Crippen MR) is 46.9 cm³/mol. The average Bonchev–Trinajstić information content (AvgIpc) is 2.17. The summed E-state index contributed by atoms with van der Waals surface area (Å²) in [6.45, 7) is -0.0485. The van der Waals surface area contributed by atoms with Gasteiger partial charge >= 0.3 is 6.18 Å². The van der Waals surface area contributed by atoms with Crippen molar-refractivity contribution >= 4 is 0 Å². The number of β-amino-alcohol motifs (C(OH)–C–C–N with tert-alkyl or cyclic N) is 1. The second-order valence-electron chi connectivity index (χ2n) is 3.69. The Kier molecular flexibility index (Phi) is 3.94. The van der Waals surface area contributed by atoms with Crippen LogP contribution < -0.4 is 0 Å². The topological polar surface area (TPSA) is 47.3 Å². The minimum absolute atomic E-state index is 0.450. The Bertz CT molecular complexity index is 249. The van der Waals surface area contributed by atoms with Gasteiger partial charge in [-0.15, -0.1) is 0 Å². The molecule has 0 aromatic rings. The van der Waals surface area contributed by atoms with E-state index in [1.165, 1.54) is 4.90 Å². The first-order chi connectivity index (χ1) is 6.95. The molecule has 86 valence electrons. The molecule has 1 fully saturated rings. The van der Waals surface area contributed by atoms with E-state index in [0.717, 1.165) is 12.8 Å². The van der Waals surface area contributed by atoms with Gasteiger partial charge in [-0.2, -0.15) is 18.4 Å². The van der Waals surface area contributed by atoms with Gasteiger partial charge in [-0.1, -0.05) is 0 Å². The van der Waals surface area contributed by atoms with Gasteiger partial charge in [0.1, 0.15) is 0 Å². The number of nitrogens with zero attached hydrogens (tertiary/aromatic N) is 2. The summed E-state index contributed by atoms with van der Waals surface area (Å²) >= 11 is 0. The first kappa shape index (κ1) is 12.3. The molecule has 1 N–H and O–H groups in total. The average molecular weight is 222 g/mol. The zero-order valence-electron chi connectivity index (χ0n) is 8.17. The van der Waals surface area contributed by atoms with Gasteiger partial charge < -0.3 is 5.11 Å². The number of likely N-dealkylation sites (tertiary alicyclic amines) is 1. The number of nitriles is 1. The summed E-state index contributed by atoms with van der Waals surface area (Å²) < 4.78 is 36.2. The van der Waals surface area contributed by atoms with Crippen LogP contribution in [0.2, 0.25) is 0 Å². The lowest BCUT2D eigenvalue weighted by atomic mass is 10.0. The van der Waals surface area contributed by atoms with Crippen molar-refractivity contribution in [2.24, 2.45) is 0 Å². The highest BCUT2D eigenvalue weighted by Crippen LogP contribution is 2.23. The Hall–Kier alpha value is -0.800. The monoisotopic (exact) mass is 222 g/mol. The summed E-state index contributed by atoms with van der Waals surface area (Å²) in [6.07, 6.45) is -4.73. The van der Waals surface area contributed by atoms with Crippen LogP contribution in [0.25, 0.3) is 0 Å². The van der Waals surface area contributed by atoms with Gasteiger partial charge in [0.2, 0.25) is 0 Å². The normalized spacial score (nSPS) is 25.9. The fourth-order valence-corrected chi connectivity index (χ4v) is 1.68. The number of aliphatic hydroxyl groups excluding tert-OH is 1. The summed E-state index contributed by atoms with van der Waals surface area (Å²) in [4.78, 5) is 1.40. The van der Waals surface area contributed by atoms with E-state index in [1.807, 2.05) is 6.07 Å². The molecule has 2 atom stereocenters. The van der Waals surface area contributed by atoms with Crippen LogP contribution in [-0.4, -0.2) is 41.4 Å². The Morgan fingerprint density at radius 2 is 2.13 bits per heavy atom. The van der Waals surface area contributed by atoms with Crippen LogP contribution in [0.1, 0.15) is 19.3 Å². The van der Waals surface area contributed by atoms with Crippen LogP contribution in [0.4, 0.5) is 13.2 Å². The van der Waals surface area contributed by atoms with Gasteiger partial charge in [-0.05, 0) is 25.8 Å². The third-order valence-electron chi connectivity index (χ3n) is 2.55. The Morgan fingerprint density at radius 3 is 2.67 bits per heavy atom. The van der Waals surface area contributed by atoms with Crippen molar-refractivity contribution in [1.82, 2.24) is 4.90 Å². The van der Waals surface area contributed by atoms with Crippen LogP contribution >= 0.6 is 0 Å². The maximum absolute atomic E-state index is 12.1. The third-order valence-corrected chi connectivity index (χ3v) is 2.55. The van der Waals surface area contributed by atoms with E-state index in [4.69, 9.17) is 10.4 Å².